The molecule has 0 saturated heterocycles. The Bertz CT molecular complexity index is 459. The number of hydrogen-bond donors (Lipinski definition) is 2. The van der Waals surface area contributed by atoms with Gasteiger partial charge in [-0.2, -0.15) is 0 Å². The standard InChI is InChI=1S/C9H8BrF2NO3/c10-2-4-3-13-5(1-6(14)15)7(8(4)16)9(11)12/h3,9H,1-2H2,(H,13,16)(H,14,15). The Kier molecular flexibility index (Phi) is 4.17. The summed E-state index contributed by atoms with van der Waals surface area (Å²) in [5.41, 5.74) is -1.69. The zero-order chi connectivity index (χ0) is 12.3. The van der Waals surface area contributed by atoms with E-state index < -0.39 is 29.8 Å². The maximum atomic E-state index is 12.6. The summed E-state index contributed by atoms with van der Waals surface area (Å²) in [5, 5.41) is 8.65. The van der Waals surface area contributed by atoms with Gasteiger partial charge in [0.15, 0.2) is 5.43 Å². The van der Waals surface area contributed by atoms with E-state index in [1.54, 1.807) is 0 Å². The molecule has 1 heterocycles. The van der Waals surface area contributed by atoms with Gasteiger partial charge in [0, 0.05) is 22.8 Å². The fraction of sp³-hybridized carbons (Fsp3) is 0.333. The molecule has 0 saturated carbocycles. The molecule has 4 nitrogen and oxygen atoms in total. The zero-order valence-corrected chi connectivity index (χ0v) is 9.55. The highest BCUT2D eigenvalue weighted by molar-refractivity contribution is 9.08. The van der Waals surface area contributed by atoms with Crippen LogP contribution in [0.15, 0.2) is 11.0 Å². The van der Waals surface area contributed by atoms with Crippen LogP contribution in [0.2, 0.25) is 0 Å². The first-order chi connectivity index (χ1) is 7.47. The first kappa shape index (κ1) is 12.8. The summed E-state index contributed by atoms with van der Waals surface area (Å²) >= 11 is 2.99. The van der Waals surface area contributed by atoms with Gasteiger partial charge >= 0.3 is 5.97 Å². The van der Waals surface area contributed by atoms with Gasteiger partial charge in [-0.3, -0.25) is 9.59 Å². The van der Waals surface area contributed by atoms with Crippen LogP contribution < -0.4 is 5.43 Å². The predicted molar refractivity (Wildman–Crippen MR) is 56.0 cm³/mol. The first-order valence-corrected chi connectivity index (χ1v) is 5.38. The Labute approximate surface area is 97.4 Å². The molecule has 0 radical (unpaired) electrons. The predicted octanol–water partition coefficient (Wildman–Crippen LogP) is 1.83. The molecule has 0 bridgehead atoms. The van der Waals surface area contributed by atoms with Gasteiger partial charge in [0.2, 0.25) is 0 Å². The molecular weight excluding hydrogens is 288 g/mol. The normalized spacial score (nSPS) is 10.8. The largest absolute Gasteiger partial charge is 0.481 e. The number of carbonyl (C=O) groups is 1. The number of H-pyrrole nitrogens is 1. The topological polar surface area (TPSA) is 70.2 Å². The number of halogens is 3. The van der Waals surface area contributed by atoms with Crippen molar-refractivity contribution in [1.29, 1.82) is 0 Å². The van der Waals surface area contributed by atoms with E-state index in [9.17, 15) is 18.4 Å². The molecule has 0 aliphatic carbocycles. The maximum absolute atomic E-state index is 12.6. The number of aliphatic carboxylic acids is 1. The molecule has 0 fully saturated rings. The SMILES string of the molecule is O=C(O)Cc1[nH]cc(CBr)c(=O)c1C(F)F. The van der Waals surface area contributed by atoms with E-state index in [0.717, 1.165) is 0 Å². The van der Waals surface area contributed by atoms with Crippen LogP contribution in [-0.2, 0) is 16.5 Å². The molecule has 0 amide bonds. The van der Waals surface area contributed by atoms with Crippen molar-refractivity contribution in [3.05, 3.63) is 33.2 Å². The number of hydrogen-bond acceptors (Lipinski definition) is 2. The average molecular weight is 296 g/mol. The zero-order valence-electron chi connectivity index (χ0n) is 7.97. The second-order valence-corrected chi connectivity index (χ2v) is 3.60. The Morgan fingerprint density at radius 3 is 2.62 bits per heavy atom. The van der Waals surface area contributed by atoms with Crippen LogP contribution in [0.25, 0.3) is 0 Å². The molecule has 1 aromatic heterocycles. The van der Waals surface area contributed by atoms with E-state index in [1.165, 1.54) is 6.20 Å². The highest BCUT2D eigenvalue weighted by atomic mass is 79.9. The maximum Gasteiger partial charge on any atom is 0.309 e. The smallest absolute Gasteiger partial charge is 0.309 e. The highest BCUT2D eigenvalue weighted by Crippen LogP contribution is 2.19. The third kappa shape index (κ3) is 2.66. The van der Waals surface area contributed by atoms with Gasteiger partial charge in [-0.1, -0.05) is 15.9 Å². The molecular formula is C9H8BrF2NO3. The van der Waals surface area contributed by atoms with Crippen LogP contribution >= 0.6 is 15.9 Å². The van der Waals surface area contributed by atoms with Crippen LogP contribution in [-0.4, -0.2) is 16.1 Å². The molecule has 1 rings (SSSR count). The van der Waals surface area contributed by atoms with E-state index in [1.807, 2.05) is 0 Å². The lowest BCUT2D eigenvalue weighted by atomic mass is 10.1. The fourth-order valence-electron chi connectivity index (χ4n) is 1.26. The van der Waals surface area contributed by atoms with Crippen molar-refractivity contribution >= 4 is 21.9 Å². The van der Waals surface area contributed by atoms with Crippen LogP contribution in [0.1, 0.15) is 23.2 Å². The number of carboxylic acid groups (broad SMARTS) is 1. The van der Waals surface area contributed by atoms with E-state index in [-0.39, 0.29) is 16.6 Å². The van der Waals surface area contributed by atoms with Crippen LogP contribution in [0.4, 0.5) is 8.78 Å². The third-order valence-electron chi connectivity index (χ3n) is 1.97. The lowest BCUT2D eigenvalue weighted by Crippen LogP contribution is -2.20. The Morgan fingerprint density at radius 1 is 1.56 bits per heavy atom. The Hall–Kier alpha value is -1.24. The number of rotatable bonds is 4. The van der Waals surface area contributed by atoms with Crippen LogP contribution in [0, 0.1) is 0 Å². The number of pyridine rings is 1. The van der Waals surface area contributed by atoms with Crippen molar-refractivity contribution < 1.29 is 18.7 Å². The van der Waals surface area contributed by atoms with Crippen molar-refractivity contribution in [2.24, 2.45) is 0 Å². The summed E-state index contributed by atoms with van der Waals surface area (Å²) in [5.74, 6) is -1.27. The molecule has 1 aromatic rings. The number of aromatic nitrogens is 1. The van der Waals surface area contributed by atoms with Crippen LogP contribution in [0.3, 0.4) is 0 Å². The summed E-state index contributed by atoms with van der Waals surface area (Å²) in [6, 6.07) is 0. The molecule has 16 heavy (non-hydrogen) atoms. The fourth-order valence-corrected chi connectivity index (χ4v) is 1.67. The van der Waals surface area contributed by atoms with E-state index in [4.69, 9.17) is 5.11 Å². The molecule has 0 aromatic carbocycles. The van der Waals surface area contributed by atoms with Gasteiger partial charge in [-0.15, -0.1) is 0 Å². The van der Waals surface area contributed by atoms with Crippen molar-refractivity contribution in [2.75, 3.05) is 0 Å². The number of nitrogens with one attached hydrogen (secondary N) is 1. The minimum absolute atomic E-state index is 0.134. The van der Waals surface area contributed by atoms with Gasteiger partial charge in [0.1, 0.15) is 0 Å². The lowest BCUT2D eigenvalue weighted by molar-refractivity contribution is -0.136. The monoisotopic (exact) mass is 295 g/mol. The summed E-state index contributed by atoms with van der Waals surface area (Å²) in [6.07, 6.45) is -2.38. The molecule has 0 aliphatic rings. The highest BCUT2D eigenvalue weighted by Gasteiger charge is 2.21. The minimum atomic E-state index is -2.99. The third-order valence-corrected chi connectivity index (χ3v) is 2.58. The summed E-state index contributed by atoms with van der Waals surface area (Å²) in [7, 11) is 0. The second-order valence-electron chi connectivity index (χ2n) is 3.04. The Morgan fingerprint density at radius 2 is 2.19 bits per heavy atom. The minimum Gasteiger partial charge on any atom is -0.481 e. The average Bonchev–Trinajstić information content (AvgIpc) is 2.16. The summed E-state index contributed by atoms with van der Waals surface area (Å²) in [4.78, 5) is 24.4. The summed E-state index contributed by atoms with van der Waals surface area (Å²) in [6.45, 7) is 0. The van der Waals surface area contributed by atoms with Crippen molar-refractivity contribution in [3.63, 3.8) is 0 Å². The van der Waals surface area contributed by atoms with Gasteiger partial charge in [-0.05, 0) is 0 Å². The number of alkyl halides is 3. The lowest BCUT2D eigenvalue weighted by Gasteiger charge is -2.07. The molecule has 0 aliphatic heterocycles. The first-order valence-electron chi connectivity index (χ1n) is 4.26. The van der Waals surface area contributed by atoms with E-state index in [0.29, 0.717) is 0 Å². The van der Waals surface area contributed by atoms with Crippen molar-refractivity contribution in [3.8, 4) is 0 Å². The van der Waals surface area contributed by atoms with Gasteiger partial charge in [-0.25, -0.2) is 8.78 Å². The van der Waals surface area contributed by atoms with Crippen molar-refractivity contribution in [2.45, 2.75) is 18.2 Å². The van der Waals surface area contributed by atoms with Crippen molar-refractivity contribution in [1.82, 2.24) is 4.98 Å². The molecule has 0 unspecified atom stereocenters. The van der Waals surface area contributed by atoms with E-state index >= 15 is 0 Å². The molecule has 0 atom stereocenters. The number of carboxylic acids is 1. The molecule has 0 spiro atoms. The quantitative estimate of drug-likeness (QED) is 0.833. The van der Waals surface area contributed by atoms with Crippen LogP contribution in [0.5, 0.6) is 0 Å². The van der Waals surface area contributed by atoms with Gasteiger partial charge in [0.05, 0.1) is 12.0 Å². The molecule has 7 heteroatoms. The second kappa shape index (κ2) is 5.20. The van der Waals surface area contributed by atoms with Gasteiger partial charge < -0.3 is 10.1 Å². The summed E-state index contributed by atoms with van der Waals surface area (Å²) < 4.78 is 25.3. The van der Waals surface area contributed by atoms with E-state index in [2.05, 4.69) is 20.9 Å². The Balaban J connectivity index is 3.35. The molecule has 2 N–H and O–H groups in total. The number of aromatic amines is 1. The van der Waals surface area contributed by atoms with Gasteiger partial charge in [0.25, 0.3) is 6.43 Å². The molecule has 88 valence electrons.